The Morgan fingerprint density at radius 1 is 1.59 bits per heavy atom. The van der Waals surface area contributed by atoms with Crippen LogP contribution in [0.1, 0.15) is 18.5 Å². The number of rotatable bonds is 5. The van der Waals surface area contributed by atoms with E-state index in [4.69, 9.17) is 10.5 Å². The van der Waals surface area contributed by atoms with Gasteiger partial charge in [0, 0.05) is 7.11 Å². The van der Waals surface area contributed by atoms with Crippen molar-refractivity contribution in [3.63, 3.8) is 0 Å². The Hall–Kier alpha value is -1.46. The van der Waals surface area contributed by atoms with Crippen LogP contribution in [0.2, 0.25) is 0 Å². The highest BCUT2D eigenvalue weighted by molar-refractivity contribution is 5.82. The summed E-state index contributed by atoms with van der Waals surface area (Å²) in [7, 11) is 1.48. The molecule has 1 unspecified atom stereocenters. The van der Waals surface area contributed by atoms with Crippen molar-refractivity contribution >= 4 is 5.91 Å². The molecule has 0 aliphatic heterocycles. The molecule has 5 heteroatoms. The third kappa shape index (κ3) is 4.13. The number of nitrogens with one attached hydrogen (secondary N) is 1. The molecule has 2 atom stereocenters. The van der Waals surface area contributed by atoms with Crippen molar-refractivity contribution < 1.29 is 13.9 Å². The Morgan fingerprint density at radius 2 is 2.29 bits per heavy atom. The van der Waals surface area contributed by atoms with Gasteiger partial charge in [0.15, 0.2) is 0 Å². The van der Waals surface area contributed by atoms with E-state index in [1.807, 2.05) is 0 Å². The Balaban J connectivity index is 2.60. The zero-order valence-corrected chi connectivity index (χ0v) is 9.94. The number of carbonyl (C=O) groups is 1. The monoisotopic (exact) mass is 240 g/mol. The molecule has 0 bridgehead atoms. The number of methoxy groups -OCH3 is 1. The van der Waals surface area contributed by atoms with E-state index in [0.717, 1.165) is 0 Å². The average molecular weight is 240 g/mol. The van der Waals surface area contributed by atoms with Crippen LogP contribution in [0.5, 0.6) is 0 Å². The molecule has 17 heavy (non-hydrogen) atoms. The predicted octanol–water partition coefficient (Wildman–Crippen LogP) is 0.977. The normalized spacial score (nSPS) is 14.1. The molecule has 0 aliphatic carbocycles. The summed E-state index contributed by atoms with van der Waals surface area (Å²) in [5, 5.41) is 2.70. The Morgan fingerprint density at radius 3 is 2.88 bits per heavy atom. The Bertz CT molecular complexity index is 385. The minimum Gasteiger partial charge on any atom is -0.383 e. The second kappa shape index (κ2) is 6.32. The van der Waals surface area contributed by atoms with Crippen LogP contribution in [0.25, 0.3) is 0 Å². The summed E-state index contributed by atoms with van der Waals surface area (Å²) in [4.78, 5) is 11.6. The molecule has 1 aromatic rings. The number of benzene rings is 1. The highest BCUT2D eigenvalue weighted by Gasteiger charge is 2.16. The summed E-state index contributed by atoms with van der Waals surface area (Å²) in [5.74, 6) is -0.645. The van der Waals surface area contributed by atoms with E-state index < -0.39 is 6.04 Å². The summed E-state index contributed by atoms with van der Waals surface area (Å²) in [6.45, 7) is 1.92. The van der Waals surface area contributed by atoms with E-state index in [2.05, 4.69) is 5.32 Å². The van der Waals surface area contributed by atoms with Gasteiger partial charge in [-0.15, -0.1) is 0 Å². The number of nitrogens with two attached hydrogens (primary N) is 1. The second-order valence-electron chi connectivity index (χ2n) is 3.85. The molecule has 4 nitrogen and oxygen atoms in total. The fourth-order valence-electron chi connectivity index (χ4n) is 1.43. The van der Waals surface area contributed by atoms with Crippen molar-refractivity contribution in [2.75, 3.05) is 13.7 Å². The van der Waals surface area contributed by atoms with Crippen LogP contribution in [0.3, 0.4) is 0 Å². The van der Waals surface area contributed by atoms with E-state index in [0.29, 0.717) is 5.56 Å². The molecule has 0 aromatic heterocycles. The van der Waals surface area contributed by atoms with Crippen LogP contribution in [0, 0.1) is 5.82 Å². The lowest BCUT2D eigenvalue weighted by Gasteiger charge is -2.17. The van der Waals surface area contributed by atoms with Crippen LogP contribution >= 0.6 is 0 Å². The fraction of sp³-hybridized carbons (Fsp3) is 0.417. The first kappa shape index (κ1) is 13.6. The average Bonchev–Trinajstić information content (AvgIpc) is 2.29. The first-order valence-electron chi connectivity index (χ1n) is 5.35. The van der Waals surface area contributed by atoms with E-state index in [9.17, 15) is 9.18 Å². The lowest BCUT2D eigenvalue weighted by molar-refractivity contribution is -0.124. The third-order valence-electron chi connectivity index (χ3n) is 2.39. The number of ether oxygens (including phenoxy) is 1. The Labute approximate surface area is 100.0 Å². The molecule has 1 rings (SSSR count). The molecular formula is C12H17FN2O2. The third-order valence-corrected chi connectivity index (χ3v) is 2.39. The van der Waals surface area contributed by atoms with E-state index in [-0.39, 0.29) is 24.4 Å². The van der Waals surface area contributed by atoms with E-state index >= 15 is 0 Å². The van der Waals surface area contributed by atoms with Crippen LogP contribution in [0.15, 0.2) is 24.3 Å². The van der Waals surface area contributed by atoms with Gasteiger partial charge in [0.1, 0.15) is 11.9 Å². The molecule has 3 N–H and O–H groups in total. The van der Waals surface area contributed by atoms with Gasteiger partial charge >= 0.3 is 0 Å². The van der Waals surface area contributed by atoms with Crippen molar-refractivity contribution in [3.05, 3.63) is 35.6 Å². The van der Waals surface area contributed by atoms with Crippen molar-refractivity contribution in [1.82, 2.24) is 5.32 Å². The van der Waals surface area contributed by atoms with E-state index in [1.54, 1.807) is 19.1 Å². The highest BCUT2D eigenvalue weighted by Crippen LogP contribution is 2.13. The quantitative estimate of drug-likeness (QED) is 0.806. The standard InChI is InChI=1S/C12H17FN2O2/c1-8(9-4-3-5-10(13)6-9)15-12(16)11(14)7-17-2/h3-6,8,11H,7,14H2,1-2H3,(H,15,16)/t8-,11?/m0/s1. The van der Waals surface area contributed by atoms with Crippen molar-refractivity contribution in [2.24, 2.45) is 5.73 Å². The maximum absolute atomic E-state index is 13.0. The first-order chi connectivity index (χ1) is 8.04. The Kier molecular flexibility index (Phi) is 5.06. The number of carbonyl (C=O) groups excluding carboxylic acids is 1. The maximum atomic E-state index is 13.0. The zero-order chi connectivity index (χ0) is 12.8. The summed E-state index contributed by atoms with van der Waals surface area (Å²) in [5.41, 5.74) is 6.27. The van der Waals surface area contributed by atoms with Crippen LogP contribution in [0.4, 0.5) is 4.39 Å². The summed E-state index contributed by atoms with van der Waals surface area (Å²) in [6.07, 6.45) is 0. The minimum atomic E-state index is -0.712. The minimum absolute atomic E-state index is 0.154. The van der Waals surface area contributed by atoms with Gasteiger partial charge in [-0.3, -0.25) is 4.79 Å². The molecule has 1 amide bonds. The fourth-order valence-corrected chi connectivity index (χ4v) is 1.43. The smallest absolute Gasteiger partial charge is 0.239 e. The number of halogens is 1. The molecule has 1 aromatic carbocycles. The topological polar surface area (TPSA) is 64.3 Å². The van der Waals surface area contributed by atoms with Gasteiger partial charge in [0.2, 0.25) is 5.91 Å². The van der Waals surface area contributed by atoms with Gasteiger partial charge in [-0.25, -0.2) is 4.39 Å². The van der Waals surface area contributed by atoms with Gasteiger partial charge in [-0.05, 0) is 24.6 Å². The van der Waals surface area contributed by atoms with Gasteiger partial charge in [-0.2, -0.15) is 0 Å². The lowest BCUT2D eigenvalue weighted by Crippen LogP contribution is -2.44. The number of amides is 1. The molecule has 0 radical (unpaired) electrons. The molecule has 0 aliphatic rings. The molecule has 0 saturated heterocycles. The summed E-state index contributed by atoms with van der Waals surface area (Å²) in [6, 6.07) is 5.08. The summed E-state index contributed by atoms with van der Waals surface area (Å²) >= 11 is 0. The zero-order valence-electron chi connectivity index (χ0n) is 9.94. The molecular weight excluding hydrogens is 223 g/mol. The predicted molar refractivity (Wildman–Crippen MR) is 62.8 cm³/mol. The van der Waals surface area contributed by atoms with Crippen molar-refractivity contribution in [2.45, 2.75) is 19.0 Å². The maximum Gasteiger partial charge on any atom is 0.239 e. The van der Waals surface area contributed by atoms with Gasteiger partial charge < -0.3 is 15.8 Å². The van der Waals surface area contributed by atoms with Gasteiger partial charge in [0.25, 0.3) is 0 Å². The van der Waals surface area contributed by atoms with Crippen LogP contribution in [-0.4, -0.2) is 25.7 Å². The largest absolute Gasteiger partial charge is 0.383 e. The van der Waals surface area contributed by atoms with Gasteiger partial charge in [0.05, 0.1) is 12.6 Å². The van der Waals surface area contributed by atoms with Crippen molar-refractivity contribution in [1.29, 1.82) is 0 Å². The lowest BCUT2D eigenvalue weighted by atomic mass is 10.1. The van der Waals surface area contributed by atoms with Crippen LogP contribution in [-0.2, 0) is 9.53 Å². The molecule has 0 heterocycles. The molecule has 0 spiro atoms. The second-order valence-corrected chi connectivity index (χ2v) is 3.85. The molecule has 94 valence electrons. The van der Waals surface area contributed by atoms with E-state index in [1.165, 1.54) is 19.2 Å². The molecule has 0 saturated carbocycles. The first-order valence-corrected chi connectivity index (χ1v) is 5.35. The number of hydrogen-bond donors (Lipinski definition) is 2. The molecule has 0 fully saturated rings. The van der Waals surface area contributed by atoms with Crippen molar-refractivity contribution in [3.8, 4) is 0 Å². The van der Waals surface area contributed by atoms with Gasteiger partial charge in [-0.1, -0.05) is 12.1 Å². The highest BCUT2D eigenvalue weighted by atomic mass is 19.1. The number of hydrogen-bond acceptors (Lipinski definition) is 3. The summed E-state index contributed by atoms with van der Waals surface area (Å²) < 4.78 is 17.8. The SMILES string of the molecule is COCC(N)C(=O)N[C@@H](C)c1cccc(F)c1. The van der Waals surface area contributed by atoms with Crippen LogP contribution < -0.4 is 11.1 Å².